The molecule has 0 radical (unpaired) electrons. The average molecular weight is 376 g/mol. The van der Waals surface area contributed by atoms with Gasteiger partial charge in [0.1, 0.15) is 5.78 Å². The van der Waals surface area contributed by atoms with Gasteiger partial charge >= 0.3 is 5.97 Å². The lowest BCUT2D eigenvalue weighted by Gasteiger charge is -2.16. The van der Waals surface area contributed by atoms with Crippen molar-refractivity contribution in [2.75, 3.05) is 0 Å². The number of carbonyl (C=O) groups is 2. The van der Waals surface area contributed by atoms with Crippen LogP contribution in [-0.4, -0.2) is 39.3 Å². The van der Waals surface area contributed by atoms with Gasteiger partial charge in [-0.1, -0.05) is 55.5 Å². The second-order valence-corrected chi connectivity index (χ2v) is 6.84. The molecule has 5 nitrogen and oxygen atoms in total. The number of allylic oxidation sites excluding steroid dienone is 6. The summed E-state index contributed by atoms with van der Waals surface area (Å²) in [5.74, 6) is -1.37. The van der Waals surface area contributed by atoms with E-state index in [4.69, 9.17) is 5.11 Å². The van der Waals surface area contributed by atoms with Gasteiger partial charge in [0.05, 0.1) is 12.2 Å². The Balaban J connectivity index is 2.50. The predicted molar refractivity (Wildman–Crippen MR) is 106 cm³/mol. The fourth-order valence-electron chi connectivity index (χ4n) is 3.10. The molecule has 1 fully saturated rings. The van der Waals surface area contributed by atoms with E-state index in [2.05, 4.69) is 19.1 Å². The highest BCUT2D eigenvalue weighted by molar-refractivity contribution is 5.86. The van der Waals surface area contributed by atoms with Gasteiger partial charge in [0.25, 0.3) is 0 Å². The van der Waals surface area contributed by atoms with E-state index in [1.165, 1.54) is 0 Å². The van der Waals surface area contributed by atoms with Crippen LogP contribution >= 0.6 is 0 Å². The highest BCUT2D eigenvalue weighted by Crippen LogP contribution is 2.33. The zero-order chi connectivity index (χ0) is 20.1. The predicted octanol–water partition coefficient (Wildman–Crippen LogP) is 3.58. The van der Waals surface area contributed by atoms with Crippen LogP contribution in [0.4, 0.5) is 0 Å². The molecule has 0 heterocycles. The second-order valence-electron chi connectivity index (χ2n) is 6.84. The highest BCUT2D eigenvalue weighted by Gasteiger charge is 2.39. The molecule has 3 N–H and O–H groups in total. The summed E-state index contributed by atoms with van der Waals surface area (Å²) in [6.45, 7) is 2.08. The first-order valence-electron chi connectivity index (χ1n) is 9.69. The van der Waals surface area contributed by atoms with Crippen molar-refractivity contribution in [1.82, 2.24) is 0 Å². The Hall–Kier alpha value is -1.98. The Kier molecular flexibility index (Phi) is 11.3. The quantitative estimate of drug-likeness (QED) is 0.453. The molecule has 5 heteroatoms. The van der Waals surface area contributed by atoms with Crippen LogP contribution in [0, 0.1) is 11.8 Å². The van der Waals surface area contributed by atoms with Gasteiger partial charge in [-0.25, -0.2) is 0 Å². The molecule has 0 aromatic carbocycles. The number of ketones is 1. The zero-order valence-electron chi connectivity index (χ0n) is 16.0. The summed E-state index contributed by atoms with van der Waals surface area (Å²) in [6.07, 6.45) is 17.2. The van der Waals surface area contributed by atoms with E-state index in [0.717, 1.165) is 12.8 Å². The molecule has 0 saturated heterocycles. The first-order valence-corrected chi connectivity index (χ1v) is 9.69. The molecule has 0 bridgehead atoms. The fourth-order valence-corrected chi connectivity index (χ4v) is 3.10. The summed E-state index contributed by atoms with van der Waals surface area (Å²) in [6, 6.07) is 0. The van der Waals surface area contributed by atoms with Gasteiger partial charge in [-0.3, -0.25) is 9.59 Å². The average Bonchev–Trinajstić information content (AvgIpc) is 2.88. The smallest absolute Gasteiger partial charge is 0.303 e. The first-order chi connectivity index (χ1) is 13.0. The SMILES string of the molecule is CC/C=C\C/C=C\C[C@H]1[C@H](O)CC(=O)[C@H]1/C=C/[C@H](O)C/C=C\CCC(=O)O. The molecule has 0 aromatic rings. The Bertz CT molecular complexity index is 573. The Labute approximate surface area is 161 Å². The second kappa shape index (κ2) is 13.2. The van der Waals surface area contributed by atoms with Crippen molar-refractivity contribution in [1.29, 1.82) is 0 Å². The Morgan fingerprint density at radius 1 is 1.19 bits per heavy atom. The third-order valence-corrected chi connectivity index (χ3v) is 4.60. The van der Waals surface area contributed by atoms with Crippen LogP contribution in [0.15, 0.2) is 48.6 Å². The molecule has 1 aliphatic carbocycles. The molecule has 0 aliphatic heterocycles. The third kappa shape index (κ3) is 9.50. The zero-order valence-corrected chi connectivity index (χ0v) is 16.0. The van der Waals surface area contributed by atoms with E-state index in [1.807, 2.05) is 12.2 Å². The molecule has 1 rings (SSSR count). The van der Waals surface area contributed by atoms with E-state index < -0.39 is 18.2 Å². The topological polar surface area (TPSA) is 94.8 Å². The van der Waals surface area contributed by atoms with Crippen LogP contribution in [0.2, 0.25) is 0 Å². The molecule has 0 aromatic heterocycles. The van der Waals surface area contributed by atoms with Crippen LogP contribution in [0.1, 0.15) is 51.9 Å². The lowest BCUT2D eigenvalue weighted by molar-refractivity contribution is -0.136. The van der Waals surface area contributed by atoms with Crippen molar-refractivity contribution < 1.29 is 24.9 Å². The van der Waals surface area contributed by atoms with Gasteiger partial charge in [-0.2, -0.15) is 0 Å². The van der Waals surface area contributed by atoms with Crippen LogP contribution in [0.25, 0.3) is 0 Å². The van der Waals surface area contributed by atoms with Crippen molar-refractivity contribution in [2.24, 2.45) is 11.8 Å². The summed E-state index contributed by atoms with van der Waals surface area (Å²) < 4.78 is 0. The maximum Gasteiger partial charge on any atom is 0.303 e. The fraction of sp³-hybridized carbons (Fsp3) is 0.545. The molecule has 0 unspecified atom stereocenters. The van der Waals surface area contributed by atoms with Crippen LogP contribution in [0.5, 0.6) is 0 Å². The maximum atomic E-state index is 12.1. The number of hydrogen-bond acceptors (Lipinski definition) is 4. The van der Waals surface area contributed by atoms with Gasteiger partial charge in [0, 0.05) is 24.7 Å². The summed E-state index contributed by atoms with van der Waals surface area (Å²) in [4.78, 5) is 22.6. The number of aliphatic hydroxyl groups excluding tert-OH is 2. The van der Waals surface area contributed by atoms with Crippen molar-refractivity contribution in [2.45, 2.75) is 64.1 Å². The van der Waals surface area contributed by atoms with Crippen LogP contribution < -0.4 is 0 Å². The van der Waals surface area contributed by atoms with Gasteiger partial charge in [0.2, 0.25) is 0 Å². The van der Waals surface area contributed by atoms with E-state index in [9.17, 15) is 19.8 Å². The molecule has 150 valence electrons. The number of carboxylic acid groups (broad SMARTS) is 1. The van der Waals surface area contributed by atoms with E-state index in [0.29, 0.717) is 19.3 Å². The summed E-state index contributed by atoms with van der Waals surface area (Å²) in [7, 11) is 0. The number of carbonyl (C=O) groups excluding carboxylic acids is 1. The first kappa shape index (κ1) is 23.1. The van der Waals surface area contributed by atoms with Crippen molar-refractivity contribution >= 4 is 11.8 Å². The van der Waals surface area contributed by atoms with Gasteiger partial charge in [-0.15, -0.1) is 0 Å². The van der Waals surface area contributed by atoms with E-state index in [-0.39, 0.29) is 30.5 Å². The molecule has 1 saturated carbocycles. The highest BCUT2D eigenvalue weighted by atomic mass is 16.4. The minimum absolute atomic E-state index is 0.00669. The van der Waals surface area contributed by atoms with Crippen LogP contribution in [0.3, 0.4) is 0 Å². The normalized spacial score (nSPS) is 24.9. The van der Waals surface area contributed by atoms with Gasteiger partial charge < -0.3 is 15.3 Å². The molecule has 27 heavy (non-hydrogen) atoms. The van der Waals surface area contributed by atoms with Crippen molar-refractivity contribution in [3.63, 3.8) is 0 Å². The number of carboxylic acids is 1. The molecular formula is C22H32O5. The Morgan fingerprint density at radius 3 is 2.63 bits per heavy atom. The molecule has 0 amide bonds. The number of Topliss-reactive ketones (excluding diaryl/α,β-unsaturated/α-hetero) is 1. The monoisotopic (exact) mass is 376 g/mol. The lowest BCUT2D eigenvalue weighted by Crippen LogP contribution is -2.19. The van der Waals surface area contributed by atoms with Gasteiger partial charge in [-0.05, 0) is 32.1 Å². The lowest BCUT2D eigenvalue weighted by atomic mass is 9.90. The minimum Gasteiger partial charge on any atom is -0.481 e. The van der Waals surface area contributed by atoms with Crippen molar-refractivity contribution in [3.05, 3.63) is 48.6 Å². The third-order valence-electron chi connectivity index (χ3n) is 4.60. The number of aliphatic hydroxyl groups is 2. The molecule has 0 spiro atoms. The van der Waals surface area contributed by atoms with Crippen LogP contribution in [-0.2, 0) is 9.59 Å². The summed E-state index contributed by atoms with van der Waals surface area (Å²) in [5.41, 5.74) is 0. The number of hydrogen-bond donors (Lipinski definition) is 3. The van der Waals surface area contributed by atoms with Crippen molar-refractivity contribution in [3.8, 4) is 0 Å². The molecule has 1 aliphatic rings. The standard InChI is InChI=1S/C22H32O5/c1-2-3-4-5-6-9-12-18-19(21(25)16-20(18)24)15-14-17(23)11-8-7-10-13-22(26)27/h3-4,6-9,14-15,17-20,23-24H,2,5,10-13,16H2,1H3,(H,26,27)/b4-3-,8-7-,9-6-,15-14+/t17-,18-,19+,20-/m1/s1. The van der Waals surface area contributed by atoms with E-state index in [1.54, 1.807) is 24.3 Å². The number of rotatable bonds is 12. The number of aliphatic carboxylic acids is 1. The summed E-state index contributed by atoms with van der Waals surface area (Å²) >= 11 is 0. The summed E-state index contributed by atoms with van der Waals surface area (Å²) in [5, 5.41) is 28.7. The largest absolute Gasteiger partial charge is 0.481 e. The van der Waals surface area contributed by atoms with Gasteiger partial charge in [0.15, 0.2) is 0 Å². The van der Waals surface area contributed by atoms with E-state index >= 15 is 0 Å². The Morgan fingerprint density at radius 2 is 1.93 bits per heavy atom. The minimum atomic E-state index is -0.847. The maximum absolute atomic E-state index is 12.1. The molecular weight excluding hydrogens is 344 g/mol. The molecule has 4 atom stereocenters.